The van der Waals surface area contributed by atoms with Gasteiger partial charge in [-0.1, -0.05) is 46.3 Å². The van der Waals surface area contributed by atoms with Crippen molar-refractivity contribution in [2.45, 2.75) is 97.2 Å². The molecule has 0 aromatic heterocycles. The summed E-state index contributed by atoms with van der Waals surface area (Å²) in [5.74, 6) is -0.319. The van der Waals surface area contributed by atoms with Crippen molar-refractivity contribution in [3.63, 3.8) is 0 Å². The lowest BCUT2D eigenvalue weighted by molar-refractivity contribution is -0.151. The van der Waals surface area contributed by atoms with E-state index in [0.29, 0.717) is 6.42 Å². The summed E-state index contributed by atoms with van der Waals surface area (Å²) < 4.78 is 17.6. The van der Waals surface area contributed by atoms with Gasteiger partial charge in [-0.25, -0.2) is 4.21 Å². The molecule has 0 bridgehead atoms. The lowest BCUT2D eigenvalue weighted by Gasteiger charge is -2.69. The highest BCUT2D eigenvalue weighted by Crippen LogP contribution is 2.75. The molecule has 6 rings (SSSR count). The van der Waals surface area contributed by atoms with E-state index < -0.39 is 25.3 Å². The van der Waals surface area contributed by atoms with Crippen LogP contribution in [0.2, 0.25) is 0 Å². The van der Waals surface area contributed by atoms with Crippen LogP contribution in [0.1, 0.15) is 92.4 Å². The van der Waals surface area contributed by atoms with Crippen molar-refractivity contribution in [3.05, 3.63) is 23.3 Å². The fourth-order valence-corrected chi connectivity index (χ4v) is 12.9. The fraction of sp³-hybridized carbons (Fsp3) is 0.750. The second kappa shape index (κ2) is 7.73. The Balaban J connectivity index is 1.55. The zero-order chi connectivity index (χ0) is 28.4. The van der Waals surface area contributed by atoms with E-state index in [0.717, 1.165) is 44.1 Å². The molecular formula is C32H41N3O3S. The summed E-state index contributed by atoms with van der Waals surface area (Å²) in [6, 6.07) is 2.17. The maximum absolute atomic E-state index is 14.5. The normalized spacial score (nSPS) is 46.5. The highest BCUT2D eigenvalue weighted by molar-refractivity contribution is 7.94. The van der Waals surface area contributed by atoms with Gasteiger partial charge in [-0.05, 0) is 91.9 Å². The zero-order valence-corrected chi connectivity index (χ0v) is 25.0. The van der Waals surface area contributed by atoms with Crippen LogP contribution in [0.5, 0.6) is 0 Å². The van der Waals surface area contributed by atoms with Crippen LogP contribution < -0.4 is 0 Å². The topological polar surface area (TPSA) is 111 Å². The Bertz CT molecular complexity index is 1480. The molecule has 0 aromatic rings. The van der Waals surface area contributed by atoms with Crippen molar-refractivity contribution >= 4 is 21.3 Å². The molecular weight excluding hydrogens is 506 g/mol. The summed E-state index contributed by atoms with van der Waals surface area (Å²) in [7, 11) is -2.83. The first kappa shape index (κ1) is 26.9. The second-order valence-electron chi connectivity index (χ2n) is 15.2. The summed E-state index contributed by atoms with van der Waals surface area (Å²) in [5.41, 5.74) is -0.365. The van der Waals surface area contributed by atoms with Crippen LogP contribution >= 0.6 is 0 Å². The van der Waals surface area contributed by atoms with E-state index in [1.54, 1.807) is 6.26 Å². The largest absolute Gasteiger partial charge is 0.295 e. The maximum Gasteiger partial charge on any atom is 0.214 e. The van der Waals surface area contributed by atoms with Gasteiger partial charge in [-0.15, -0.1) is 4.36 Å². The van der Waals surface area contributed by atoms with Gasteiger partial charge in [0.05, 0.1) is 20.0 Å². The lowest BCUT2D eigenvalue weighted by Crippen LogP contribution is -2.67. The number of ketones is 2. The second-order valence-corrected chi connectivity index (χ2v) is 17.8. The number of hydrogen-bond donors (Lipinski definition) is 0. The molecule has 7 heteroatoms. The third-order valence-corrected chi connectivity index (χ3v) is 16.1. The molecule has 1 spiro atoms. The van der Waals surface area contributed by atoms with Crippen LogP contribution in [0, 0.1) is 67.6 Å². The minimum atomic E-state index is -2.83. The number of nitriles is 2. The van der Waals surface area contributed by atoms with Crippen molar-refractivity contribution in [2.24, 2.45) is 49.2 Å². The molecule has 8 atom stereocenters. The lowest BCUT2D eigenvalue weighted by atomic mass is 9.36. The van der Waals surface area contributed by atoms with Gasteiger partial charge in [0, 0.05) is 23.0 Å². The average Bonchev–Trinajstić information content (AvgIpc) is 3.61. The van der Waals surface area contributed by atoms with Crippen molar-refractivity contribution in [3.8, 4) is 12.3 Å². The van der Waals surface area contributed by atoms with Crippen molar-refractivity contribution in [1.29, 1.82) is 10.5 Å². The summed E-state index contributed by atoms with van der Waals surface area (Å²) in [5, 5.41) is 19.4. The van der Waals surface area contributed by atoms with E-state index in [9.17, 15) is 24.3 Å². The number of hydrogen-bond acceptors (Lipinski definition) is 6. The third kappa shape index (κ3) is 3.09. The molecule has 0 aliphatic heterocycles. The Labute approximate surface area is 233 Å². The Hall–Kier alpha value is -2.25. The third-order valence-electron chi connectivity index (χ3n) is 13.4. The van der Waals surface area contributed by atoms with Crippen LogP contribution in [0.3, 0.4) is 0 Å². The van der Waals surface area contributed by atoms with Crippen molar-refractivity contribution in [1.82, 2.24) is 0 Å². The monoisotopic (exact) mass is 547 g/mol. The predicted molar refractivity (Wildman–Crippen MR) is 149 cm³/mol. The number of carbonyl (C=O) groups is 2. The molecule has 0 amide bonds. The van der Waals surface area contributed by atoms with Gasteiger partial charge in [0.1, 0.15) is 6.07 Å². The molecule has 6 nitrogen and oxygen atoms in total. The minimum absolute atomic E-state index is 0.0118. The average molecular weight is 548 g/mol. The highest BCUT2D eigenvalue weighted by atomic mass is 32.2. The van der Waals surface area contributed by atoms with Gasteiger partial charge >= 0.3 is 0 Å². The number of fused-ring (bicyclic) bond motifs is 7. The smallest absolute Gasteiger partial charge is 0.214 e. The van der Waals surface area contributed by atoms with Gasteiger partial charge in [0.15, 0.2) is 11.6 Å². The number of rotatable bonds is 1. The highest BCUT2D eigenvalue weighted by Gasteiger charge is 2.72. The molecule has 4 saturated carbocycles. The minimum Gasteiger partial charge on any atom is -0.295 e. The molecule has 0 N–H and O–H groups in total. The van der Waals surface area contributed by atoms with Crippen LogP contribution in [0.15, 0.2) is 27.7 Å². The Morgan fingerprint density at radius 3 is 2.23 bits per heavy atom. The molecule has 1 unspecified atom stereocenters. The molecule has 4 fully saturated rings. The Morgan fingerprint density at radius 1 is 0.974 bits per heavy atom. The van der Waals surface area contributed by atoms with Gasteiger partial charge in [-0.2, -0.15) is 10.5 Å². The quantitative estimate of drug-likeness (QED) is 0.358. The fourth-order valence-electron chi connectivity index (χ4n) is 10.8. The van der Waals surface area contributed by atoms with E-state index in [1.807, 2.05) is 32.2 Å². The molecule has 0 heterocycles. The first-order chi connectivity index (χ1) is 18.1. The first-order valence-electron chi connectivity index (χ1n) is 14.6. The molecule has 0 saturated heterocycles. The van der Waals surface area contributed by atoms with E-state index >= 15 is 0 Å². The predicted octanol–water partition coefficient (Wildman–Crippen LogP) is 6.29. The van der Waals surface area contributed by atoms with Crippen LogP contribution in [0.25, 0.3) is 0 Å². The SMILES string of the molecule is CC1(C)C(=O)C(C#N)=C[C@]2(C)C3=CC(=O)[C@@H]4[C@@H]5CC6(CC6)CC[C@]5(S(C)(=O)=NC#N)CC[C@@]4(C)[C@]3(C)CC[C@@H]12. The molecule has 39 heavy (non-hydrogen) atoms. The Kier molecular flexibility index (Phi) is 5.34. The van der Waals surface area contributed by atoms with Crippen molar-refractivity contribution < 1.29 is 13.8 Å². The Morgan fingerprint density at radius 2 is 1.62 bits per heavy atom. The first-order valence-corrected chi connectivity index (χ1v) is 16.5. The molecule has 0 aromatic carbocycles. The van der Waals surface area contributed by atoms with E-state index in [4.69, 9.17) is 0 Å². The van der Waals surface area contributed by atoms with E-state index in [1.165, 1.54) is 12.8 Å². The van der Waals surface area contributed by atoms with Gasteiger partial charge in [0.25, 0.3) is 0 Å². The van der Waals surface area contributed by atoms with E-state index in [2.05, 4.69) is 31.2 Å². The van der Waals surface area contributed by atoms with Crippen LogP contribution in [0.4, 0.5) is 0 Å². The number of carbonyl (C=O) groups excluding carboxylic acids is 2. The number of nitrogens with zero attached hydrogens (tertiary/aromatic N) is 3. The maximum atomic E-state index is 14.5. The summed E-state index contributed by atoms with van der Waals surface area (Å²) in [4.78, 5) is 27.8. The number of allylic oxidation sites excluding steroid dienone is 4. The summed E-state index contributed by atoms with van der Waals surface area (Å²) in [6.07, 6.45) is 15.5. The van der Waals surface area contributed by atoms with Crippen LogP contribution in [-0.2, 0) is 19.3 Å². The van der Waals surface area contributed by atoms with Crippen molar-refractivity contribution in [2.75, 3.05) is 6.26 Å². The standard InChI is InChI=1S/C32H41N3O3S/c1-27(2)23-7-8-29(4)24(28(23,3)16-20(18-33)26(27)37)15-22(36)25-21-17-31(10-11-31)12-14-32(21,13-9-30(25,29)5)39(6,38)35-19-34/h15-16,21,23,25H,7-14,17H2,1-6H3/t21-,23-,25-,28-,29+,30+,32+,39?/m0/s1. The zero-order valence-electron chi connectivity index (χ0n) is 24.2. The number of Topliss-reactive ketones (excluding diaryl/α,β-unsaturated/α-hetero) is 1. The van der Waals surface area contributed by atoms with Gasteiger partial charge < -0.3 is 0 Å². The molecule has 6 aliphatic rings. The molecule has 6 aliphatic carbocycles. The molecule has 208 valence electrons. The van der Waals surface area contributed by atoms with E-state index in [-0.39, 0.29) is 51.1 Å². The molecule has 0 radical (unpaired) electrons. The van der Waals surface area contributed by atoms with Crippen LogP contribution in [-0.4, -0.2) is 26.8 Å². The summed E-state index contributed by atoms with van der Waals surface area (Å²) in [6.45, 7) is 10.7. The van der Waals surface area contributed by atoms with Gasteiger partial charge in [0.2, 0.25) is 6.19 Å². The van der Waals surface area contributed by atoms with Gasteiger partial charge in [-0.3, -0.25) is 9.59 Å². The summed E-state index contributed by atoms with van der Waals surface area (Å²) >= 11 is 0.